The van der Waals surface area contributed by atoms with Gasteiger partial charge in [0.05, 0.1) is 21.2 Å². The van der Waals surface area contributed by atoms with Gasteiger partial charge in [0.2, 0.25) is 0 Å². The van der Waals surface area contributed by atoms with Crippen molar-refractivity contribution >= 4 is 31.4 Å². The third-order valence-electron chi connectivity index (χ3n) is 5.60. The average Bonchev–Trinajstić information content (AvgIpc) is 2.75. The van der Waals surface area contributed by atoms with Gasteiger partial charge in [-0.3, -0.25) is 9.03 Å². The standard InChI is InChI=1S/C23H23FN2O4S2/c1-16-5-10-22(14-17(16)2)31(27,28)25-20-9-6-18-4-3-13-26(23(18)15-20)32(29,30)21-11-7-19(24)8-12-21/h5-12,14-15,25H,3-4,13H2,1-2H3. The van der Waals surface area contributed by atoms with Gasteiger partial charge >= 0.3 is 0 Å². The van der Waals surface area contributed by atoms with Crippen molar-refractivity contribution in [1.82, 2.24) is 0 Å². The molecule has 0 amide bonds. The smallest absolute Gasteiger partial charge is 0.264 e. The van der Waals surface area contributed by atoms with Gasteiger partial charge in [0, 0.05) is 6.54 Å². The molecule has 1 heterocycles. The van der Waals surface area contributed by atoms with Crippen LogP contribution < -0.4 is 9.03 Å². The zero-order valence-electron chi connectivity index (χ0n) is 17.7. The topological polar surface area (TPSA) is 83.6 Å². The second kappa shape index (κ2) is 8.22. The molecule has 0 unspecified atom stereocenters. The molecule has 0 radical (unpaired) electrons. The number of nitrogens with one attached hydrogen (secondary N) is 1. The molecule has 4 rings (SSSR count). The maximum atomic E-state index is 13.3. The van der Waals surface area contributed by atoms with Gasteiger partial charge in [-0.1, -0.05) is 12.1 Å². The average molecular weight is 475 g/mol. The predicted molar refractivity (Wildman–Crippen MR) is 122 cm³/mol. The quantitative estimate of drug-likeness (QED) is 0.595. The second-order valence-corrected chi connectivity index (χ2v) is 11.4. The third kappa shape index (κ3) is 4.22. The molecular formula is C23H23FN2O4S2. The molecule has 6 nitrogen and oxygen atoms in total. The molecule has 0 saturated heterocycles. The summed E-state index contributed by atoms with van der Waals surface area (Å²) in [5, 5.41) is 0. The van der Waals surface area contributed by atoms with E-state index in [4.69, 9.17) is 0 Å². The van der Waals surface area contributed by atoms with Gasteiger partial charge in [-0.15, -0.1) is 0 Å². The van der Waals surface area contributed by atoms with E-state index in [0.717, 1.165) is 28.8 Å². The Morgan fingerprint density at radius 2 is 1.53 bits per heavy atom. The summed E-state index contributed by atoms with van der Waals surface area (Å²) in [6.45, 7) is 3.99. The molecule has 32 heavy (non-hydrogen) atoms. The molecule has 0 bridgehead atoms. The number of aryl methyl sites for hydroxylation is 3. The Morgan fingerprint density at radius 3 is 2.22 bits per heavy atom. The Bertz CT molecular complexity index is 1390. The summed E-state index contributed by atoms with van der Waals surface area (Å²) in [5.41, 5.74) is 3.33. The van der Waals surface area contributed by atoms with Crippen LogP contribution in [0.2, 0.25) is 0 Å². The largest absolute Gasteiger partial charge is 0.280 e. The van der Waals surface area contributed by atoms with Crippen LogP contribution in [0.25, 0.3) is 0 Å². The van der Waals surface area contributed by atoms with Crippen molar-refractivity contribution in [3.63, 3.8) is 0 Å². The van der Waals surface area contributed by atoms with Crippen molar-refractivity contribution in [2.24, 2.45) is 0 Å². The minimum absolute atomic E-state index is 0.0205. The predicted octanol–water partition coefficient (Wildman–Crippen LogP) is 4.38. The third-order valence-corrected chi connectivity index (χ3v) is 8.81. The van der Waals surface area contributed by atoms with E-state index in [0.29, 0.717) is 18.5 Å². The molecule has 1 aliphatic rings. The van der Waals surface area contributed by atoms with Gasteiger partial charge in [0.25, 0.3) is 20.0 Å². The molecule has 3 aromatic rings. The van der Waals surface area contributed by atoms with E-state index < -0.39 is 25.9 Å². The Labute approximate surface area is 187 Å². The van der Waals surface area contributed by atoms with Crippen LogP contribution in [-0.4, -0.2) is 23.4 Å². The summed E-state index contributed by atoms with van der Waals surface area (Å²) in [6.07, 6.45) is 1.30. The summed E-state index contributed by atoms with van der Waals surface area (Å²) in [6, 6.07) is 14.4. The van der Waals surface area contributed by atoms with Crippen molar-refractivity contribution in [3.8, 4) is 0 Å². The van der Waals surface area contributed by atoms with Gasteiger partial charge in [0.15, 0.2) is 0 Å². The Morgan fingerprint density at radius 1 is 0.844 bits per heavy atom. The summed E-state index contributed by atoms with van der Waals surface area (Å²) in [4.78, 5) is 0.113. The first-order valence-electron chi connectivity index (χ1n) is 10.1. The van der Waals surface area contributed by atoms with E-state index in [-0.39, 0.29) is 22.0 Å². The van der Waals surface area contributed by atoms with Crippen LogP contribution in [-0.2, 0) is 26.5 Å². The minimum Gasteiger partial charge on any atom is -0.280 e. The highest BCUT2D eigenvalue weighted by Gasteiger charge is 2.29. The molecule has 168 valence electrons. The number of anilines is 2. The lowest BCUT2D eigenvalue weighted by molar-refractivity contribution is 0.585. The number of hydrogen-bond acceptors (Lipinski definition) is 4. The van der Waals surface area contributed by atoms with Gasteiger partial charge in [-0.2, -0.15) is 0 Å². The van der Waals surface area contributed by atoms with Crippen molar-refractivity contribution in [2.45, 2.75) is 36.5 Å². The van der Waals surface area contributed by atoms with E-state index in [9.17, 15) is 21.2 Å². The van der Waals surface area contributed by atoms with Crippen LogP contribution in [0.15, 0.2) is 70.5 Å². The van der Waals surface area contributed by atoms with E-state index >= 15 is 0 Å². The van der Waals surface area contributed by atoms with Crippen LogP contribution >= 0.6 is 0 Å². The van der Waals surface area contributed by atoms with Crippen molar-refractivity contribution in [2.75, 3.05) is 15.6 Å². The fourth-order valence-electron chi connectivity index (χ4n) is 3.68. The molecule has 0 fully saturated rings. The molecule has 0 aliphatic carbocycles. The minimum atomic E-state index is -3.93. The molecule has 0 spiro atoms. The van der Waals surface area contributed by atoms with Gasteiger partial charge in [-0.25, -0.2) is 21.2 Å². The highest BCUT2D eigenvalue weighted by molar-refractivity contribution is 7.93. The van der Waals surface area contributed by atoms with Crippen molar-refractivity contribution in [1.29, 1.82) is 0 Å². The highest BCUT2D eigenvalue weighted by atomic mass is 32.2. The first kappa shape index (κ1) is 22.3. The van der Waals surface area contributed by atoms with E-state index in [1.54, 1.807) is 24.3 Å². The molecule has 1 N–H and O–H groups in total. The lowest BCUT2D eigenvalue weighted by atomic mass is 10.0. The number of hydrogen-bond donors (Lipinski definition) is 1. The molecule has 1 aliphatic heterocycles. The fourth-order valence-corrected chi connectivity index (χ4v) is 6.35. The van der Waals surface area contributed by atoms with Crippen LogP contribution in [0.5, 0.6) is 0 Å². The second-order valence-electron chi connectivity index (χ2n) is 7.83. The van der Waals surface area contributed by atoms with Crippen LogP contribution in [0.3, 0.4) is 0 Å². The SMILES string of the molecule is Cc1ccc(S(=O)(=O)Nc2ccc3c(c2)N(S(=O)(=O)c2ccc(F)cc2)CCC3)cc1C. The molecule has 9 heteroatoms. The van der Waals surface area contributed by atoms with Gasteiger partial charge in [-0.05, 0) is 91.9 Å². The molecule has 0 atom stereocenters. The van der Waals surface area contributed by atoms with Crippen molar-refractivity contribution < 1.29 is 21.2 Å². The van der Waals surface area contributed by atoms with Crippen LogP contribution in [0.1, 0.15) is 23.1 Å². The maximum Gasteiger partial charge on any atom is 0.264 e. The lowest BCUT2D eigenvalue weighted by Gasteiger charge is -2.31. The van der Waals surface area contributed by atoms with E-state index in [1.807, 2.05) is 13.8 Å². The summed E-state index contributed by atoms with van der Waals surface area (Å²) in [7, 11) is -7.77. The first-order chi connectivity index (χ1) is 15.1. The van der Waals surface area contributed by atoms with E-state index in [1.165, 1.54) is 28.6 Å². The molecule has 3 aromatic carbocycles. The van der Waals surface area contributed by atoms with Gasteiger partial charge < -0.3 is 0 Å². The van der Waals surface area contributed by atoms with E-state index in [2.05, 4.69) is 4.72 Å². The normalized spacial score (nSPS) is 14.2. The molecule has 0 saturated carbocycles. The number of benzene rings is 3. The number of fused-ring (bicyclic) bond motifs is 1. The zero-order valence-corrected chi connectivity index (χ0v) is 19.3. The monoisotopic (exact) mass is 474 g/mol. The number of halogens is 1. The lowest BCUT2D eigenvalue weighted by Crippen LogP contribution is -2.35. The fraction of sp³-hybridized carbons (Fsp3) is 0.217. The summed E-state index contributed by atoms with van der Waals surface area (Å²) < 4.78 is 69.3. The highest BCUT2D eigenvalue weighted by Crippen LogP contribution is 2.34. The Kier molecular flexibility index (Phi) is 5.72. The Balaban J connectivity index is 1.70. The molecule has 0 aromatic heterocycles. The van der Waals surface area contributed by atoms with Crippen molar-refractivity contribution in [3.05, 3.63) is 83.2 Å². The first-order valence-corrected chi connectivity index (χ1v) is 13.0. The summed E-state index contributed by atoms with van der Waals surface area (Å²) >= 11 is 0. The van der Waals surface area contributed by atoms with Gasteiger partial charge in [0.1, 0.15) is 5.82 Å². The van der Waals surface area contributed by atoms with Crippen LogP contribution in [0.4, 0.5) is 15.8 Å². The summed E-state index contributed by atoms with van der Waals surface area (Å²) in [5.74, 6) is -0.522. The number of sulfonamides is 2. The maximum absolute atomic E-state index is 13.3. The number of nitrogens with zero attached hydrogens (tertiary/aromatic N) is 1. The zero-order chi connectivity index (χ0) is 23.1. The van der Waals surface area contributed by atoms with Crippen LogP contribution in [0, 0.1) is 19.7 Å². The number of rotatable bonds is 5. The Hall–Kier alpha value is -2.91. The molecular weight excluding hydrogens is 451 g/mol.